The fraction of sp³-hybridized carbons (Fsp3) is 0.705. The van der Waals surface area contributed by atoms with Gasteiger partial charge in [-0.1, -0.05) is 302 Å². The number of rotatable bonds is 65. The van der Waals surface area contributed by atoms with Gasteiger partial charge in [0, 0.05) is 12.8 Å². The van der Waals surface area contributed by atoms with E-state index in [2.05, 4.69) is 135 Å². The lowest BCUT2D eigenvalue weighted by Crippen LogP contribution is -2.40. The number of carboxylic acid groups (broad SMARTS) is 1. The first-order valence-electron chi connectivity index (χ1n) is 35.7. The maximum Gasteiger partial charge on any atom is 0.361 e. The van der Waals surface area contributed by atoms with E-state index in [1.54, 1.807) is 0 Å². The average Bonchev–Trinajstić information content (AvgIpc) is 3.59. The molecule has 9 nitrogen and oxygen atoms in total. The Hall–Kier alpha value is -4.31. The van der Waals surface area contributed by atoms with Crippen LogP contribution in [0.3, 0.4) is 0 Å². The number of unbranched alkanes of at least 4 members (excludes halogenated alkanes) is 30. The number of esters is 2. The highest BCUT2D eigenvalue weighted by Crippen LogP contribution is 2.17. The Morgan fingerprint density at radius 2 is 0.621 bits per heavy atom. The standard InChI is InChI=1S/C78H133NO8/c1-6-8-10-12-14-16-18-20-22-24-26-28-30-32-34-36-37-38-39-41-43-45-47-49-51-53-55-57-59-61-63-65-67-69-76(81)87-74(73-86-78(77(82)83)84-71-70-79(3,4)5)72-85-75(80)68-66-64-62-60-58-56-54-52-50-48-46-44-42-40-35-33-31-29-27-25-23-21-19-17-15-13-11-9-7-2/h8-11,14-17,20-23,26-29,32,34,37-38,74,78H,6-7,12-13,18-19,24-25,30-31,33,35-36,39-73H2,1-5H3/p+1/b10-8-,11-9-,16-14-,17-15-,22-20-,23-21-,28-26-,29-27-,34-32-,38-37-. The number of nitrogens with zero attached hydrogens (tertiary/aromatic N) is 1. The lowest BCUT2D eigenvalue weighted by atomic mass is 10.0. The summed E-state index contributed by atoms with van der Waals surface area (Å²) < 4.78 is 23.0. The van der Waals surface area contributed by atoms with Gasteiger partial charge in [0.25, 0.3) is 6.29 Å². The van der Waals surface area contributed by atoms with Crippen molar-refractivity contribution in [2.24, 2.45) is 0 Å². The van der Waals surface area contributed by atoms with Gasteiger partial charge in [-0.2, -0.15) is 0 Å². The Balaban J connectivity index is 4.11. The SMILES string of the molecule is CC/C=C\C/C=C\C/C=C\C/C=C\C/C=C\C/C=C\CCCCCCCCCCCCCCCCC(=O)OC(COC(=O)CCCCCCCCCCCCCCCCCC/C=C\C/C=C\C/C=C\C/C=C\CC)COC(OCC[N+](C)(C)C)C(=O)O. The van der Waals surface area contributed by atoms with Crippen LogP contribution in [0.5, 0.6) is 0 Å². The molecule has 1 N–H and O–H groups in total. The molecule has 0 amide bonds. The van der Waals surface area contributed by atoms with Gasteiger partial charge in [-0.25, -0.2) is 4.79 Å². The summed E-state index contributed by atoms with van der Waals surface area (Å²) in [6.45, 7) is 4.67. The van der Waals surface area contributed by atoms with E-state index in [1.807, 2.05) is 21.1 Å². The molecule has 0 aromatic heterocycles. The second kappa shape index (κ2) is 67.6. The predicted molar refractivity (Wildman–Crippen MR) is 373 cm³/mol. The molecular formula is C78H134NO8+. The number of carboxylic acids is 1. The first-order chi connectivity index (χ1) is 42.6. The Morgan fingerprint density at radius 3 is 0.920 bits per heavy atom. The fourth-order valence-corrected chi connectivity index (χ4v) is 9.83. The first kappa shape index (κ1) is 82.7. The topological polar surface area (TPSA) is 108 Å². The second-order valence-electron chi connectivity index (χ2n) is 24.8. The average molecular weight is 1210 g/mol. The van der Waals surface area contributed by atoms with Crippen molar-refractivity contribution in [1.82, 2.24) is 0 Å². The molecule has 0 saturated carbocycles. The molecule has 2 unspecified atom stereocenters. The van der Waals surface area contributed by atoms with E-state index >= 15 is 0 Å². The number of likely N-dealkylation sites (N-methyl/N-ethyl adjacent to an activating group) is 1. The highest BCUT2D eigenvalue weighted by Gasteiger charge is 2.25. The van der Waals surface area contributed by atoms with Crippen LogP contribution in [-0.4, -0.2) is 87.4 Å². The lowest BCUT2D eigenvalue weighted by Gasteiger charge is -2.25. The summed E-state index contributed by atoms with van der Waals surface area (Å²) in [5.74, 6) is -2.00. The van der Waals surface area contributed by atoms with Crippen molar-refractivity contribution in [2.75, 3.05) is 47.5 Å². The van der Waals surface area contributed by atoms with E-state index < -0.39 is 24.3 Å². The zero-order valence-electron chi connectivity index (χ0n) is 56.9. The van der Waals surface area contributed by atoms with E-state index in [0.717, 1.165) is 103 Å². The van der Waals surface area contributed by atoms with Crippen molar-refractivity contribution >= 4 is 17.9 Å². The summed E-state index contributed by atoms with van der Waals surface area (Å²) in [5.41, 5.74) is 0. The second-order valence-corrected chi connectivity index (χ2v) is 24.8. The first-order valence-corrected chi connectivity index (χ1v) is 35.7. The summed E-state index contributed by atoms with van der Waals surface area (Å²) in [5, 5.41) is 9.76. The van der Waals surface area contributed by atoms with Crippen molar-refractivity contribution in [1.29, 1.82) is 0 Å². The van der Waals surface area contributed by atoms with Gasteiger partial charge >= 0.3 is 17.9 Å². The quantitative estimate of drug-likeness (QED) is 0.0211. The highest BCUT2D eigenvalue weighted by molar-refractivity contribution is 5.71. The predicted octanol–water partition coefficient (Wildman–Crippen LogP) is 22.4. The van der Waals surface area contributed by atoms with Crippen LogP contribution in [0.25, 0.3) is 0 Å². The maximum absolute atomic E-state index is 13.0. The van der Waals surface area contributed by atoms with E-state index in [9.17, 15) is 19.5 Å². The molecule has 0 spiro atoms. The fourth-order valence-electron chi connectivity index (χ4n) is 9.83. The molecule has 0 saturated heterocycles. The van der Waals surface area contributed by atoms with Crippen molar-refractivity contribution in [3.63, 3.8) is 0 Å². The number of hydrogen-bond donors (Lipinski definition) is 1. The van der Waals surface area contributed by atoms with Crippen molar-refractivity contribution in [2.45, 2.75) is 309 Å². The third kappa shape index (κ3) is 69.0. The van der Waals surface area contributed by atoms with Crippen molar-refractivity contribution in [3.05, 3.63) is 122 Å². The Labute approximate surface area is 536 Å². The van der Waals surface area contributed by atoms with E-state index in [-0.39, 0.29) is 32.2 Å². The molecule has 0 heterocycles. The van der Waals surface area contributed by atoms with Crippen molar-refractivity contribution in [3.8, 4) is 0 Å². The summed E-state index contributed by atoms with van der Waals surface area (Å²) >= 11 is 0. The molecule has 0 rings (SSSR count). The molecule has 0 aliphatic heterocycles. The molecule has 87 heavy (non-hydrogen) atoms. The van der Waals surface area contributed by atoms with Crippen LogP contribution < -0.4 is 0 Å². The van der Waals surface area contributed by atoms with Crippen LogP contribution in [0.1, 0.15) is 296 Å². The number of aliphatic carboxylic acids is 1. The summed E-state index contributed by atoms with van der Waals surface area (Å²) in [4.78, 5) is 37.7. The van der Waals surface area contributed by atoms with Crippen LogP contribution in [0, 0.1) is 0 Å². The molecule has 0 radical (unpaired) electrons. The molecule has 498 valence electrons. The Bertz CT molecular complexity index is 1840. The minimum Gasteiger partial charge on any atom is -0.477 e. The minimum absolute atomic E-state index is 0.184. The number of allylic oxidation sites excluding steroid dienone is 20. The van der Waals surface area contributed by atoms with Crippen LogP contribution in [0.4, 0.5) is 0 Å². The molecule has 9 heteroatoms. The van der Waals surface area contributed by atoms with Gasteiger partial charge in [-0.15, -0.1) is 0 Å². The molecule has 0 fully saturated rings. The number of quaternary nitrogens is 1. The summed E-state index contributed by atoms with van der Waals surface area (Å²) in [7, 11) is 5.98. The lowest BCUT2D eigenvalue weighted by molar-refractivity contribution is -0.870. The van der Waals surface area contributed by atoms with E-state index in [1.165, 1.54) is 167 Å². The smallest absolute Gasteiger partial charge is 0.361 e. The van der Waals surface area contributed by atoms with Crippen molar-refractivity contribution < 1.29 is 42.9 Å². The van der Waals surface area contributed by atoms with Gasteiger partial charge in [0.2, 0.25) is 0 Å². The van der Waals surface area contributed by atoms with Crippen LogP contribution in [0.2, 0.25) is 0 Å². The number of hydrogen-bond acceptors (Lipinski definition) is 7. The number of ether oxygens (including phenoxy) is 4. The highest BCUT2D eigenvalue weighted by atomic mass is 16.7. The van der Waals surface area contributed by atoms with Gasteiger partial charge < -0.3 is 28.5 Å². The third-order valence-corrected chi connectivity index (χ3v) is 15.2. The Kier molecular flexibility index (Phi) is 64.3. The summed E-state index contributed by atoms with van der Waals surface area (Å²) in [6.07, 6.45) is 93.1. The Morgan fingerprint density at radius 1 is 0.345 bits per heavy atom. The molecule has 0 aromatic rings. The molecule has 0 aromatic carbocycles. The van der Waals surface area contributed by atoms with Gasteiger partial charge in [-0.3, -0.25) is 9.59 Å². The molecule has 2 atom stereocenters. The van der Waals surface area contributed by atoms with Gasteiger partial charge in [-0.05, 0) is 103 Å². The molecule has 0 aliphatic rings. The minimum atomic E-state index is -1.52. The molecule has 0 bridgehead atoms. The maximum atomic E-state index is 13.0. The van der Waals surface area contributed by atoms with Crippen LogP contribution in [-0.2, 0) is 33.3 Å². The molecular weight excluding hydrogens is 1080 g/mol. The van der Waals surface area contributed by atoms with E-state index in [0.29, 0.717) is 17.4 Å². The zero-order valence-corrected chi connectivity index (χ0v) is 56.9. The number of carbonyl (C=O) groups is 3. The number of carbonyl (C=O) groups excluding carboxylic acids is 2. The third-order valence-electron chi connectivity index (χ3n) is 15.2. The van der Waals surface area contributed by atoms with Gasteiger partial charge in [0.1, 0.15) is 13.2 Å². The monoisotopic (exact) mass is 1210 g/mol. The summed E-state index contributed by atoms with van der Waals surface area (Å²) in [6, 6.07) is 0. The normalized spacial score (nSPS) is 13.4. The van der Waals surface area contributed by atoms with Crippen LogP contribution >= 0.6 is 0 Å². The largest absolute Gasteiger partial charge is 0.477 e. The zero-order chi connectivity index (χ0) is 63.3. The van der Waals surface area contributed by atoms with E-state index in [4.69, 9.17) is 18.9 Å². The van der Waals surface area contributed by atoms with Gasteiger partial charge in [0.15, 0.2) is 6.10 Å². The van der Waals surface area contributed by atoms with Gasteiger partial charge in [0.05, 0.1) is 34.4 Å². The molecule has 0 aliphatic carbocycles. The van der Waals surface area contributed by atoms with Crippen LogP contribution in [0.15, 0.2) is 122 Å².